The lowest BCUT2D eigenvalue weighted by Gasteiger charge is -2.04. The SMILES string of the molecule is Cc1cc2ccn3ccnc3c2nc1C. The minimum Gasteiger partial charge on any atom is -0.305 e. The summed E-state index contributed by atoms with van der Waals surface area (Å²) in [5.74, 6) is 0. The fraction of sp³-hybridized carbons (Fsp3) is 0.167. The molecule has 0 aliphatic heterocycles. The molecule has 15 heavy (non-hydrogen) atoms. The van der Waals surface area contributed by atoms with Crippen LogP contribution >= 0.6 is 0 Å². The van der Waals surface area contributed by atoms with E-state index in [9.17, 15) is 0 Å². The lowest BCUT2D eigenvalue weighted by atomic mass is 10.1. The van der Waals surface area contributed by atoms with Crippen LogP contribution in [0.4, 0.5) is 0 Å². The summed E-state index contributed by atoms with van der Waals surface area (Å²) in [5, 5.41) is 1.15. The van der Waals surface area contributed by atoms with Gasteiger partial charge in [0, 0.05) is 29.7 Å². The number of aryl methyl sites for hydroxylation is 2. The highest BCUT2D eigenvalue weighted by Crippen LogP contribution is 2.19. The number of rotatable bonds is 0. The molecule has 0 saturated carbocycles. The van der Waals surface area contributed by atoms with Crippen LogP contribution in [0.5, 0.6) is 0 Å². The maximum atomic E-state index is 4.59. The van der Waals surface area contributed by atoms with Crippen molar-refractivity contribution in [3.8, 4) is 0 Å². The molecule has 0 aromatic carbocycles. The van der Waals surface area contributed by atoms with E-state index in [1.54, 1.807) is 6.20 Å². The van der Waals surface area contributed by atoms with E-state index < -0.39 is 0 Å². The first kappa shape index (κ1) is 8.41. The molecule has 0 N–H and O–H groups in total. The van der Waals surface area contributed by atoms with E-state index in [1.165, 1.54) is 5.56 Å². The number of pyridine rings is 2. The zero-order valence-electron chi connectivity index (χ0n) is 8.73. The normalized spacial score (nSPS) is 11.3. The Morgan fingerprint density at radius 1 is 1.20 bits per heavy atom. The Morgan fingerprint density at radius 3 is 2.93 bits per heavy atom. The molecule has 3 heteroatoms. The molecular formula is C12H11N3. The van der Waals surface area contributed by atoms with Crippen molar-refractivity contribution in [3.63, 3.8) is 0 Å². The van der Waals surface area contributed by atoms with Gasteiger partial charge < -0.3 is 4.40 Å². The van der Waals surface area contributed by atoms with Crippen LogP contribution in [0.3, 0.4) is 0 Å². The standard InChI is InChI=1S/C12H11N3/c1-8-7-10-3-5-15-6-4-13-12(15)11(10)14-9(8)2/h3-7H,1-2H3. The molecule has 74 valence electrons. The van der Waals surface area contributed by atoms with Crippen LogP contribution < -0.4 is 0 Å². The summed E-state index contributed by atoms with van der Waals surface area (Å²) >= 11 is 0. The Kier molecular flexibility index (Phi) is 1.57. The zero-order chi connectivity index (χ0) is 10.4. The van der Waals surface area contributed by atoms with Gasteiger partial charge in [-0.3, -0.25) is 0 Å². The lowest BCUT2D eigenvalue weighted by Crippen LogP contribution is -1.92. The molecular weight excluding hydrogens is 186 g/mol. The predicted molar refractivity (Wildman–Crippen MR) is 60.0 cm³/mol. The fourth-order valence-corrected chi connectivity index (χ4v) is 1.81. The second kappa shape index (κ2) is 2.79. The molecule has 0 unspecified atom stereocenters. The van der Waals surface area contributed by atoms with Crippen molar-refractivity contribution >= 4 is 16.6 Å². The highest BCUT2D eigenvalue weighted by Gasteiger charge is 2.04. The first-order valence-electron chi connectivity index (χ1n) is 4.95. The lowest BCUT2D eigenvalue weighted by molar-refractivity contribution is 1.16. The summed E-state index contributed by atoms with van der Waals surface area (Å²) in [6.07, 6.45) is 5.75. The number of nitrogens with zero attached hydrogens (tertiary/aromatic N) is 3. The van der Waals surface area contributed by atoms with E-state index in [0.29, 0.717) is 0 Å². The topological polar surface area (TPSA) is 30.2 Å². The first-order valence-corrected chi connectivity index (χ1v) is 4.95. The first-order chi connectivity index (χ1) is 7.25. The van der Waals surface area contributed by atoms with E-state index in [0.717, 1.165) is 22.2 Å². The monoisotopic (exact) mass is 197 g/mol. The molecule has 3 nitrogen and oxygen atoms in total. The molecule has 3 heterocycles. The average Bonchev–Trinajstić information content (AvgIpc) is 2.68. The third-order valence-corrected chi connectivity index (χ3v) is 2.79. The van der Waals surface area contributed by atoms with Crippen molar-refractivity contribution in [1.82, 2.24) is 14.4 Å². The van der Waals surface area contributed by atoms with Crippen LogP contribution in [0.25, 0.3) is 16.6 Å². The maximum absolute atomic E-state index is 4.59. The van der Waals surface area contributed by atoms with Gasteiger partial charge in [-0.25, -0.2) is 9.97 Å². The molecule has 0 amide bonds. The molecule has 3 aromatic heterocycles. The molecule has 0 fully saturated rings. The molecule has 0 atom stereocenters. The quantitative estimate of drug-likeness (QED) is 0.554. The molecule has 3 rings (SSSR count). The number of aromatic nitrogens is 3. The van der Waals surface area contributed by atoms with Crippen molar-refractivity contribution in [2.75, 3.05) is 0 Å². The number of hydrogen-bond acceptors (Lipinski definition) is 2. The van der Waals surface area contributed by atoms with Crippen LogP contribution in [0.2, 0.25) is 0 Å². The molecule has 0 saturated heterocycles. The largest absolute Gasteiger partial charge is 0.305 e. The van der Waals surface area contributed by atoms with Gasteiger partial charge in [0.25, 0.3) is 0 Å². The highest BCUT2D eigenvalue weighted by molar-refractivity contribution is 5.90. The van der Waals surface area contributed by atoms with Gasteiger partial charge in [-0.1, -0.05) is 0 Å². The van der Waals surface area contributed by atoms with Crippen molar-refractivity contribution in [2.45, 2.75) is 13.8 Å². The minimum atomic E-state index is 0.926. The van der Waals surface area contributed by atoms with Crippen LogP contribution in [0.1, 0.15) is 11.3 Å². The number of imidazole rings is 1. The molecule has 0 bridgehead atoms. The van der Waals surface area contributed by atoms with Gasteiger partial charge in [0.15, 0.2) is 5.65 Å². The van der Waals surface area contributed by atoms with E-state index in [2.05, 4.69) is 29.0 Å². The highest BCUT2D eigenvalue weighted by atomic mass is 15.0. The summed E-state index contributed by atoms with van der Waals surface area (Å²) in [5.41, 5.74) is 4.19. The van der Waals surface area contributed by atoms with E-state index in [-0.39, 0.29) is 0 Å². The van der Waals surface area contributed by atoms with Crippen molar-refractivity contribution in [3.05, 3.63) is 42.0 Å². The van der Waals surface area contributed by atoms with E-state index in [1.807, 2.05) is 23.7 Å². The van der Waals surface area contributed by atoms with Gasteiger partial charge in [-0.05, 0) is 31.5 Å². The second-order valence-corrected chi connectivity index (χ2v) is 3.80. The zero-order valence-corrected chi connectivity index (χ0v) is 8.73. The Hall–Kier alpha value is -1.90. The van der Waals surface area contributed by atoms with Gasteiger partial charge in [-0.2, -0.15) is 0 Å². The number of hydrogen-bond donors (Lipinski definition) is 0. The van der Waals surface area contributed by atoms with Crippen LogP contribution in [0, 0.1) is 13.8 Å². The van der Waals surface area contributed by atoms with E-state index in [4.69, 9.17) is 0 Å². The molecule has 0 spiro atoms. The fourth-order valence-electron chi connectivity index (χ4n) is 1.81. The summed E-state index contributed by atoms with van der Waals surface area (Å²) in [6.45, 7) is 4.11. The molecule has 0 radical (unpaired) electrons. The molecule has 0 aliphatic rings. The Labute approximate surface area is 87.4 Å². The summed E-state index contributed by atoms with van der Waals surface area (Å²) in [4.78, 5) is 8.91. The summed E-state index contributed by atoms with van der Waals surface area (Å²) in [6, 6.07) is 4.23. The van der Waals surface area contributed by atoms with Crippen LogP contribution in [-0.4, -0.2) is 14.4 Å². The van der Waals surface area contributed by atoms with Gasteiger partial charge >= 0.3 is 0 Å². The van der Waals surface area contributed by atoms with Gasteiger partial charge in [0.1, 0.15) is 5.52 Å². The summed E-state index contributed by atoms with van der Waals surface area (Å²) in [7, 11) is 0. The van der Waals surface area contributed by atoms with Gasteiger partial charge in [0.2, 0.25) is 0 Å². The minimum absolute atomic E-state index is 0.926. The molecule has 0 aliphatic carbocycles. The third-order valence-electron chi connectivity index (χ3n) is 2.79. The van der Waals surface area contributed by atoms with Gasteiger partial charge in [0.05, 0.1) is 0 Å². The second-order valence-electron chi connectivity index (χ2n) is 3.80. The van der Waals surface area contributed by atoms with Crippen molar-refractivity contribution < 1.29 is 0 Å². The third kappa shape index (κ3) is 1.13. The Bertz CT molecular complexity index is 652. The Morgan fingerprint density at radius 2 is 2.07 bits per heavy atom. The maximum Gasteiger partial charge on any atom is 0.163 e. The van der Waals surface area contributed by atoms with Gasteiger partial charge in [-0.15, -0.1) is 0 Å². The van der Waals surface area contributed by atoms with Crippen molar-refractivity contribution in [2.24, 2.45) is 0 Å². The Balaban J connectivity index is 2.57. The van der Waals surface area contributed by atoms with Crippen LogP contribution in [-0.2, 0) is 0 Å². The van der Waals surface area contributed by atoms with Crippen LogP contribution in [0.15, 0.2) is 30.7 Å². The predicted octanol–water partition coefficient (Wildman–Crippen LogP) is 2.50. The van der Waals surface area contributed by atoms with Crippen molar-refractivity contribution in [1.29, 1.82) is 0 Å². The molecule has 3 aromatic rings. The summed E-state index contributed by atoms with van der Waals surface area (Å²) < 4.78 is 1.99. The number of fused-ring (bicyclic) bond motifs is 3. The average molecular weight is 197 g/mol. The smallest absolute Gasteiger partial charge is 0.163 e. The van der Waals surface area contributed by atoms with E-state index >= 15 is 0 Å².